The fraction of sp³-hybridized carbons (Fsp3) is 0.148. The van der Waals surface area contributed by atoms with E-state index in [1.165, 1.54) is 11.3 Å². The van der Waals surface area contributed by atoms with Crippen molar-refractivity contribution >= 4 is 28.3 Å². The summed E-state index contributed by atoms with van der Waals surface area (Å²) in [5.41, 5.74) is 5.57. The summed E-state index contributed by atoms with van der Waals surface area (Å²) >= 11 is 1.32. The van der Waals surface area contributed by atoms with E-state index in [1.807, 2.05) is 47.8 Å². The third-order valence-corrected chi connectivity index (χ3v) is 5.94. The molecular formula is C27H24N2O3S. The zero-order valence-corrected chi connectivity index (χ0v) is 19.3. The van der Waals surface area contributed by atoms with Crippen molar-refractivity contribution in [3.8, 4) is 22.4 Å². The molecule has 5 nitrogen and oxygen atoms in total. The van der Waals surface area contributed by atoms with Crippen LogP contribution in [0.2, 0.25) is 0 Å². The molecule has 0 spiro atoms. The number of nitrogens with one attached hydrogen (secondary N) is 1. The number of nitrogens with zero attached hydrogens (tertiary/aromatic N) is 1. The standard InChI is InChI=1S/C27H24N2O3S/c1-18(2)19-8-14-23(15-9-19)26(31)32-16-25(30)29-27-28-24(17-33-27)22-12-10-21(11-13-22)20-6-4-3-5-7-20/h3-15,17-18H,16H2,1-2H3,(H,28,29,30). The molecule has 0 aliphatic carbocycles. The first-order valence-electron chi connectivity index (χ1n) is 10.7. The second-order valence-corrected chi connectivity index (χ2v) is 8.74. The molecule has 1 N–H and O–H groups in total. The number of amides is 1. The van der Waals surface area contributed by atoms with E-state index >= 15 is 0 Å². The first-order valence-corrected chi connectivity index (χ1v) is 11.6. The fourth-order valence-electron chi connectivity index (χ4n) is 3.30. The molecule has 1 aromatic heterocycles. The van der Waals surface area contributed by atoms with E-state index in [2.05, 4.69) is 48.4 Å². The topological polar surface area (TPSA) is 68.3 Å². The molecule has 3 aromatic carbocycles. The van der Waals surface area contributed by atoms with Crippen LogP contribution in [0.5, 0.6) is 0 Å². The normalized spacial score (nSPS) is 10.8. The molecule has 6 heteroatoms. The number of aromatic nitrogens is 1. The molecule has 1 heterocycles. The number of esters is 1. The van der Waals surface area contributed by atoms with Gasteiger partial charge in [-0.2, -0.15) is 0 Å². The summed E-state index contributed by atoms with van der Waals surface area (Å²) in [5, 5.41) is 5.03. The second-order valence-electron chi connectivity index (χ2n) is 7.88. The number of rotatable bonds is 7. The number of hydrogen-bond acceptors (Lipinski definition) is 5. The van der Waals surface area contributed by atoms with Crippen LogP contribution in [0.15, 0.2) is 84.2 Å². The number of carbonyl (C=O) groups is 2. The molecule has 4 rings (SSSR count). The third-order valence-electron chi connectivity index (χ3n) is 5.19. The van der Waals surface area contributed by atoms with Gasteiger partial charge in [-0.15, -0.1) is 11.3 Å². The lowest BCUT2D eigenvalue weighted by Gasteiger charge is -2.07. The van der Waals surface area contributed by atoms with Crippen LogP contribution in [0, 0.1) is 0 Å². The van der Waals surface area contributed by atoms with E-state index in [9.17, 15) is 9.59 Å². The Balaban J connectivity index is 1.31. The van der Waals surface area contributed by atoms with Crippen LogP contribution in [0.4, 0.5) is 5.13 Å². The molecule has 0 radical (unpaired) electrons. The van der Waals surface area contributed by atoms with Crippen molar-refractivity contribution in [2.45, 2.75) is 19.8 Å². The highest BCUT2D eigenvalue weighted by molar-refractivity contribution is 7.14. The highest BCUT2D eigenvalue weighted by Gasteiger charge is 2.13. The minimum absolute atomic E-state index is 0.370. The van der Waals surface area contributed by atoms with Gasteiger partial charge < -0.3 is 4.74 Å². The quantitative estimate of drug-likeness (QED) is 0.327. The maximum Gasteiger partial charge on any atom is 0.338 e. The molecule has 166 valence electrons. The van der Waals surface area contributed by atoms with Crippen LogP contribution in [-0.2, 0) is 9.53 Å². The molecule has 1 amide bonds. The molecular weight excluding hydrogens is 432 g/mol. The second kappa shape index (κ2) is 10.2. The number of benzene rings is 3. The van der Waals surface area contributed by atoms with Gasteiger partial charge in [-0.3, -0.25) is 10.1 Å². The summed E-state index contributed by atoms with van der Waals surface area (Å²) in [6, 6.07) is 25.5. The van der Waals surface area contributed by atoms with E-state index in [0.29, 0.717) is 16.6 Å². The van der Waals surface area contributed by atoms with Gasteiger partial charge in [0.1, 0.15) is 0 Å². The monoisotopic (exact) mass is 456 g/mol. The zero-order chi connectivity index (χ0) is 23.2. The average molecular weight is 457 g/mol. The maximum atomic E-state index is 12.2. The largest absolute Gasteiger partial charge is 0.452 e. The Hall–Kier alpha value is -3.77. The molecule has 33 heavy (non-hydrogen) atoms. The zero-order valence-electron chi connectivity index (χ0n) is 18.4. The van der Waals surface area contributed by atoms with Gasteiger partial charge >= 0.3 is 5.97 Å². The van der Waals surface area contributed by atoms with Gasteiger partial charge in [0, 0.05) is 10.9 Å². The first-order chi connectivity index (χ1) is 16.0. The summed E-state index contributed by atoms with van der Waals surface area (Å²) in [6.07, 6.45) is 0. The van der Waals surface area contributed by atoms with Crippen LogP contribution in [0.25, 0.3) is 22.4 Å². The number of hydrogen-bond donors (Lipinski definition) is 1. The van der Waals surface area contributed by atoms with Crippen molar-refractivity contribution in [1.29, 1.82) is 0 Å². The van der Waals surface area contributed by atoms with Crippen molar-refractivity contribution in [3.05, 3.63) is 95.4 Å². The predicted molar refractivity (Wildman–Crippen MR) is 132 cm³/mol. The highest BCUT2D eigenvalue weighted by Crippen LogP contribution is 2.27. The Kier molecular flexibility index (Phi) is 6.95. The van der Waals surface area contributed by atoms with E-state index in [1.54, 1.807) is 12.1 Å². The molecule has 0 saturated carbocycles. The summed E-state index contributed by atoms with van der Waals surface area (Å²) in [5.74, 6) is -0.577. The number of anilines is 1. The van der Waals surface area contributed by atoms with E-state index in [-0.39, 0.29) is 6.61 Å². The molecule has 0 fully saturated rings. The van der Waals surface area contributed by atoms with Crippen molar-refractivity contribution < 1.29 is 14.3 Å². The molecule has 0 saturated heterocycles. The van der Waals surface area contributed by atoms with Gasteiger partial charge in [0.05, 0.1) is 11.3 Å². The minimum atomic E-state index is -0.529. The van der Waals surface area contributed by atoms with Crippen LogP contribution in [-0.4, -0.2) is 23.5 Å². The molecule has 0 bridgehead atoms. The van der Waals surface area contributed by atoms with Crippen molar-refractivity contribution in [3.63, 3.8) is 0 Å². The highest BCUT2D eigenvalue weighted by atomic mass is 32.1. The van der Waals surface area contributed by atoms with Gasteiger partial charge in [-0.05, 0) is 34.7 Å². The molecule has 0 aliphatic heterocycles. The van der Waals surface area contributed by atoms with Crippen LogP contribution in [0.1, 0.15) is 35.7 Å². The van der Waals surface area contributed by atoms with Gasteiger partial charge in [0.15, 0.2) is 11.7 Å². The molecule has 0 unspecified atom stereocenters. The third kappa shape index (κ3) is 5.73. The molecule has 0 atom stereocenters. The number of thiazole rings is 1. The van der Waals surface area contributed by atoms with Crippen LogP contribution >= 0.6 is 11.3 Å². The Bertz CT molecular complexity index is 1230. The summed E-state index contributed by atoms with van der Waals surface area (Å²) in [6.45, 7) is 3.80. The average Bonchev–Trinajstić information content (AvgIpc) is 3.31. The lowest BCUT2D eigenvalue weighted by molar-refractivity contribution is -0.119. The van der Waals surface area contributed by atoms with Crippen molar-refractivity contribution in [1.82, 2.24) is 4.98 Å². The lowest BCUT2D eigenvalue weighted by Crippen LogP contribution is -2.20. The number of carbonyl (C=O) groups excluding carboxylic acids is 2. The van der Waals surface area contributed by atoms with Crippen molar-refractivity contribution in [2.24, 2.45) is 0 Å². The summed E-state index contributed by atoms with van der Waals surface area (Å²) in [4.78, 5) is 28.9. The Labute approximate surface area is 197 Å². The lowest BCUT2D eigenvalue weighted by atomic mass is 10.0. The first kappa shape index (κ1) is 22.4. The van der Waals surface area contributed by atoms with Gasteiger partial charge in [-0.1, -0.05) is 80.6 Å². The Morgan fingerprint density at radius 2 is 1.52 bits per heavy atom. The fourth-order valence-corrected chi connectivity index (χ4v) is 4.04. The summed E-state index contributed by atoms with van der Waals surface area (Å²) in [7, 11) is 0. The Morgan fingerprint density at radius 3 is 2.18 bits per heavy atom. The van der Waals surface area contributed by atoms with E-state index in [4.69, 9.17) is 4.74 Å². The Morgan fingerprint density at radius 1 is 0.879 bits per heavy atom. The summed E-state index contributed by atoms with van der Waals surface area (Å²) < 4.78 is 5.13. The van der Waals surface area contributed by atoms with Gasteiger partial charge in [0.25, 0.3) is 5.91 Å². The van der Waals surface area contributed by atoms with Crippen LogP contribution < -0.4 is 5.32 Å². The SMILES string of the molecule is CC(C)c1ccc(C(=O)OCC(=O)Nc2nc(-c3ccc(-c4ccccc4)cc3)cs2)cc1. The van der Waals surface area contributed by atoms with E-state index < -0.39 is 11.9 Å². The van der Waals surface area contributed by atoms with Crippen LogP contribution in [0.3, 0.4) is 0 Å². The molecule has 4 aromatic rings. The van der Waals surface area contributed by atoms with E-state index in [0.717, 1.165) is 27.9 Å². The van der Waals surface area contributed by atoms with Gasteiger partial charge in [0.2, 0.25) is 0 Å². The number of ether oxygens (including phenoxy) is 1. The molecule has 0 aliphatic rings. The minimum Gasteiger partial charge on any atom is -0.452 e. The maximum absolute atomic E-state index is 12.2. The van der Waals surface area contributed by atoms with Gasteiger partial charge in [-0.25, -0.2) is 9.78 Å². The van der Waals surface area contributed by atoms with Crippen molar-refractivity contribution in [2.75, 3.05) is 11.9 Å². The smallest absolute Gasteiger partial charge is 0.338 e. The predicted octanol–water partition coefficient (Wildman–Crippen LogP) is 6.40.